The van der Waals surface area contributed by atoms with E-state index in [9.17, 15) is 9.59 Å². The molecule has 1 aromatic rings. The third-order valence-corrected chi connectivity index (χ3v) is 3.43. The van der Waals surface area contributed by atoms with E-state index < -0.39 is 5.97 Å². The first kappa shape index (κ1) is 13.5. The number of nitrogens with one attached hydrogen (secondary N) is 1. The van der Waals surface area contributed by atoms with Crippen molar-refractivity contribution in [2.75, 3.05) is 7.05 Å². The summed E-state index contributed by atoms with van der Waals surface area (Å²) >= 11 is 0. The topological polar surface area (TPSA) is 82.8 Å². The van der Waals surface area contributed by atoms with Crippen LogP contribution >= 0.6 is 0 Å². The maximum absolute atomic E-state index is 11.9. The van der Waals surface area contributed by atoms with Gasteiger partial charge >= 0.3 is 12.0 Å². The molecular formula is C13H18N2O4. The molecule has 2 amide bonds. The predicted octanol–water partition coefficient (Wildman–Crippen LogP) is 1.67. The fraction of sp³-hybridized carbons (Fsp3) is 0.538. The molecular weight excluding hydrogens is 248 g/mol. The fourth-order valence-corrected chi connectivity index (χ4v) is 2.33. The van der Waals surface area contributed by atoms with Crippen LogP contribution in [0.25, 0.3) is 0 Å². The van der Waals surface area contributed by atoms with Crippen molar-refractivity contribution >= 4 is 12.0 Å². The summed E-state index contributed by atoms with van der Waals surface area (Å²) in [6.45, 7) is 0.397. The summed E-state index contributed by atoms with van der Waals surface area (Å²) in [5.41, 5.74) is 0. The van der Waals surface area contributed by atoms with Crippen molar-refractivity contribution in [3.05, 3.63) is 24.2 Å². The molecule has 0 radical (unpaired) electrons. The first-order valence-electron chi connectivity index (χ1n) is 6.33. The van der Waals surface area contributed by atoms with E-state index in [2.05, 4.69) is 5.32 Å². The zero-order chi connectivity index (χ0) is 13.8. The van der Waals surface area contributed by atoms with Crippen molar-refractivity contribution < 1.29 is 19.1 Å². The average molecular weight is 266 g/mol. The number of amides is 2. The van der Waals surface area contributed by atoms with Gasteiger partial charge in [0.15, 0.2) is 0 Å². The van der Waals surface area contributed by atoms with Crippen molar-refractivity contribution in [2.24, 2.45) is 5.92 Å². The summed E-state index contributed by atoms with van der Waals surface area (Å²) < 4.78 is 5.17. The number of hydrogen-bond acceptors (Lipinski definition) is 3. The monoisotopic (exact) mass is 266 g/mol. The summed E-state index contributed by atoms with van der Waals surface area (Å²) in [5.74, 6) is -0.395. The number of carboxylic acid groups (broad SMARTS) is 1. The summed E-state index contributed by atoms with van der Waals surface area (Å²) in [4.78, 5) is 24.3. The normalized spacial score (nSPS) is 22.2. The standard InChI is InChI=1S/C13H18N2O4/c1-15(8-11-3-2-6-19-11)13(18)14-10-5-4-9(7-10)12(16)17/h2-3,6,9-10H,4-5,7-8H2,1H3,(H,14,18)(H,16,17)/t9-,10+/m1/s1. The van der Waals surface area contributed by atoms with Gasteiger partial charge in [0.2, 0.25) is 0 Å². The molecule has 1 fully saturated rings. The third-order valence-electron chi connectivity index (χ3n) is 3.43. The highest BCUT2D eigenvalue weighted by molar-refractivity contribution is 5.75. The smallest absolute Gasteiger partial charge is 0.317 e. The van der Waals surface area contributed by atoms with Gasteiger partial charge in [0.05, 0.1) is 18.7 Å². The van der Waals surface area contributed by atoms with Crippen LogP contribution < -0.4 is 5.32 Å². The van der Waals surface area contributed by atoms with Crippen LogP contribution in [0.5, 0.6) is 0 Å². The van der Waals surface area contributed by atoms with Crippen molar-refractivity contribution in [1.82, 2.24) is 10.2 Å². The van der Waals surface area contributed by atoms with E-state index in [1.54, 1.807) is 25.4 Å². The molecule has 0 spiro atoms. The number of carbonyl (C=O) groups excluding carboxylic acids is 1. The van der Waals surface area contributed by atoms with Gasteiger partial charge in [0.1, 0.15) is 5.76 Å². The van der Waals surface area contributed by atoms with Crippen LogP contribution in [0.2, 0.25) is 0 Å². The van der Waals surface area contributed by atoms with Gasteiger partial charge in [-0.2, -0.15) is 0 Å². The van der Waals surface area contributed by atoms with Crippen LogP contribution in [0.4, 0.5) is 4.79 Å². The molecule has 1 heterocycles. The lowest BCUT2D eigenvalue weighted by Crippen LogP contribution is -2.41. The van der Waals surface area contributed by atoms with Gasteiger partial charge in [-0.05, 0) is 31.4 Å². The highest BCUT2D eigenvalue weighted by Crippen LogP contribution is 2.25. The second-order valence-corrected chi connectivity index (χ2v) is 4.93. The Bertz CT molecular complexity index is 444. The van der Waals surface area contributed by atoms with Crippen LogP contribution in [0.15, 0.2) is 22.8 Å². The highest BCUT2D eigenvalue weighted by Gasteiger charge is 2.31. The van der Waals surface area contributed by atoms with Gasteiger partial charge in [-0.15, -0.1) is 0 Å². The Morgan fingerprint density at radius 3 is 2.89 bits per heavy atom. The maximum atomic E-state index is 11.9. The molecule has 0 bridgehead atoms. The number of carboxylic acids is 1. The minimum absolute atomic E-state index is 0.0485. The van der Waals surface area contributed by atoms with Crippen LogP contribution in [0.3, 0.4) is 0 Å². The van der Waals surface area contributed by atoms with E-state index in [1.807, 2.05) is 0 Å². The van der Waals surface area contributed by atoms with Gasteiger partial charge in [-0.25, -0.2) is 4.79 Å². The molecule has 104 valence electrons. The molecule has 1 saturated carbocycles. The van der Waals surface area contributed by atoms with Crippen molar-refractivity contribution in [2.45, 2.75) is 31.8 Å². The number of urea groups is 1. The zero-order valence-electron chi connectivity index (χ0n) is 10.8. The Kier molecular flexibility index (Phi) is 4.09. The Morgan fingerprint density at radius 2 is 2.32 bits per heavy atom. The maximum Gasteiger partial charge on any atom is 0.317 e. The SMILES string of the molecule is CN(Cc1ccco1)C(=O)N[C@H]1CC[C@@H](C(=O)O)C1. The molecule has 0 unspecified atom stereocenters. The molecule has 0 aliphatic heterocycles. The molecule has 19 heavy (non-hydrogen) atoms. The minimum atomic E-state index is -0.777. The first-order valence-corrected chi connectivity index (χ1v) is 6.33. The van der Waals surface area contributed by atoms with E-state index in [0.717, 1.165) is 6.42 Å². The zero-order valence-corrected chi connectivity index (χ0v) is 10.8. The summed E-state index contributed by atoms with van der Waals surface area (Å²) in [6, 6.07) is 3.33. The molecule has 1 aliphatic rings. The van der Waals surface area contributed by atoms with Crippen molar-refractivity contribution in [3.63, 3.8) is 0 Å². The molecule has 2 atom stereocenters. The Balaban J connectivity index is 1.79. The van der Waals surface area contributed by atoms with E-state index in [0.29, 0.717) is 25.1 Å². The Morgan fingerprint density at radius 1 is 1.53 bits per heavy atom. The van der Waals surface area contributed by atoms with Crippen molar-refractivity contribution in [1.29, 1.82) is 0 Å². The van der Waals surface area contributed by atoms with Gasteiger partial charge in [0, 0.05) is 13.1 Å². The molecule has 6 nitrogen and oxygen atoms in total. The van der Waals surface area contributed by atoms with E-state index >= 15 is 0 Å². The number of furan rings is 1. The molecule has 6 heteroatoms. The van der Waals surface area contributed by atoms with Gasteiger partial charge in [-0.1, -0.05) is 0 Å². The van der Waals surface area contributed by atoms with E-state index in [-0.39, 0.29) is 18.0 Å². The van der Waals surface area contributed by atoms with Crippen LogP contribution in [-0.4, -0.2) is 35.1 Å². The fourth-order valence-electron chi connectivity index (χ4n) is 2.33. The lowest BCUT2D eigenvalue weighted by Gasteiger charge is -2.20. The number of nitrogens with zero attached hydrogens (tertiary/aromatic N) is 1. The minimum Gasteiger partial charge on any atom is -0.481 e. The lowest BCUT2D eigenvalue weighted by molar-refractivity contribution is -0.141. The summed E-state index contributed by atoms with van der Waals surface area (Å²) in [7, 11) is 1.68. The van der Waals surface area contributed by atoms with Crippen LogP contribution in [-0.2, 0) is 11.3 Å². The Hall–Kier alpha value is -1.98. The van der Waals surface area contributed by atoms with E-state index in [1.165, 1.54) is 4.90 Å². The van der Waals surface area contributed by atoms with Crippen molar-refractivity contribution in [3.8, 4) is 0 Å². The Labute approximate surface area is 111 Å². The molecule has 2 rings (SSSR count). The average Bonchev–Trinajstić information content (AvgIpc) is 2.99. The molecule has 1 aromatic heterocycles. The second kappa shape index (κ2) is 5.77. The number of carbonyl (C=O) groups is 2. The number of rotatable bonds is 4. The van der Waals surface area contributed by atoms with Crippen LogP contribution in [0, 0.1) is 5.92 Å². The molecule has 0 aromatic carbocycles. The number of hydrogen-bond donors (Lipinski definition) is 2. The summed E-state index contributed by atoms with van der Waals surface area (Å²) in [5, 5.41) is 11.8. The largest absolute Gasteiger partial charge is 0.481 e. The summed E-state index contributed by atoms with van der Waals surface area (Å²) in [6.07, 6.45) is 3.42. The second-order valence-electron chi connectivity index (χ2n) is 4.93. The van der Waals surface area contributed by atoms with Gasteiger partial charge in [-0.3, -0.25) is 4.79 Å². The van der Waals surface area contributed by atoms with E-state index in [4.69, 9.17) is 9.52 Å². The number of aliphatic carboxylic acids is 1. The molecule has 0 saturated heterocycles. The lowest BCUT2D eigenvalue weighted by atomic mass is 10.1. The van der Waals surface area contributed by atoms with Gasteiger partial charge < -0.3 is 19.7 Å². The van der Waals surface area contributed by atoms with Gasteiger partial charge in [0.25, 0.3) is 0 Å². The predicted molar refractivity (Wildman–Crippen MR) is 67.5 cm³/mol. The molecule has 2 N–H and O–H groups in total. The highest BCUT2D eigenvalue weighted by atomic mass is 16.4. The van der Waals surface area contributed by atoms with Crippen LogP contribution in [0.1, 0.15) is 25.0 Å². The third kappa shape index (κ3) is 3.49. The first-order chi connectivity index (χ1) is 9.06. The quantitative estimate of drug-likeness (QED) is 0.868. The molecule has 1 aliphatic carbocycles.